The lowest BCUT2D eigenvalue weighted by molar-refractivity contribution is -0.135. The van der Waals surface area contributed by atoms with Crippen LogP contribution in [-0.2, 0) is 16.1 Å². The number of amides is 2. The quantitative estimate of drug-likeness (QED) is 0.912. The number of nitrogens with zero attached hydrogens (tertiary/aromatic N) is 2. The first kappa shape index (κ1) is 16.6. The van der Waals surface area contributed by atoms with Crippen molar-refractivity contribution in [2.24, 2.45) is 5.41 Å². The number of rotatable bonds is 3. The van der Waals surface area contributed by atoms with Gasteiger partial charge in [-0.05, 0) is 44.2 Å². The van der Waals surface area contributed by atoms with Crippen LogP contribution in [0.4, 0.5) is 0 Å². The fraction of sp³-hybridized carbons (Fsp3) is 0.600. The molecule has 1 N–H and O–H groups in total. The molecule has 0 aromatic heterocycles. The molecule has 0 aliphatic carbocycles. The third kappa shape index (κ3) is 3.30. The minimum Gasteiger partial charge on any atom is -0.344 e. The average Bonchev–Trinajstić information content (AvgIpc) is 3.20. The van der Waals surface area contributed by atoms with Crippen LogP contribution < -0.4 is 5.32 Å². The Hall–Kier alpha value is -1.88. The van der Waals surface area contributed by atoms with Crippen LogP contribution in [0, 0.1) is 5.41 Å². The van der Waals surface area contributed by atoms with Crippen molar-refractivity contribution < 1.29 is 9.59 Å². The van der Waals surface area contributed by atoms with Crippen molar-refractivity contribution in [2.75, 3.05) is 26.2 Å². The molecule has 5 heteroatoms. The summed E-state index contributed by atoms with van der Waals surface area (Å²) in [5.41, 5.74) is 0.907. The Morgan fingerprint density at radius 2 is 1.88 bits per heavy atom. The second kappa shape index (κ2) is 6.79. The molecule has 1 aromatic rings. The molecule has 3 saturated heterocycles. The number of piperidine rings is 1. The third-order valence-electron chi connectivity index (χ3n) is 6.03. The molecule has 5 nitrogen and oxygen atoms in total. The molecule has 25 heavy (non-hydrogen) atoms. The van der Waals surface area contributed by atoms with Gasteiger partial charge >= 0.3 is 0 Å². The smallest absolute Gasteiger partial charge is 0.245 e. The highest BCUT2D eigenvalue weighted by molar-refractivity contribution is 5.94. The standard InChI is InChI=1S/C20H27N3O2/c24-18(23-10-5-2-6-11-23)17-13-20(19(25)21-17)9-12-22(15-20)14-16-7-3-1-4-8-16/h1,3-4,7-8,17H,2,5-6,9-15H2,(H,21,25)/t17-,20+/m0/s1. The van der Waals surface area contributed by atoms with E-state index in [9.17, 15) is 9.59 Å². The van der Waals surface area contributed by atoms with E-state index in [4.69, 9.17) is 0 Å². The molecule has 0 bridgehead atoms. The van der Waals surface area contributed by atoms with Crippen LogP contribution in [0.5, 0.6) is 0 Å². The summed E-state index contributed by atoms with van der Waals surface area (Å²) in [7, 11) is 0. The summed E-state index contributed by atoms with van der Waals surface area (Å²) in [5, 5.41) is 3.01. The summed E-state index contributed by atoms with van der Waals surface area (Å²) in [6.07, 6.45) is 4.89. The van der Waals surface area contributed by atoms with E-state index in [1.807, 2.05) is 11.0 Å². The highest BCUT2D eigenvalue weighted by Crippen LogP contribution is 2.40. The lowest BCUT2D eigenvalue weighted by atomic mass is 9.83. The van der Waals surface area contributed by atoms with Gasteiger partial charge in [0.05, 0.1) is 5.41 Å². The molecule has 3 fully saturated rings. The predicted octanol–water partition coefficient (Wildman–Crippen LogP) is 1.78. The van der Waals surface area contributed by atoms with Gasteiger partial charge in [-0.15, -0.1) is 0 Å². The molecule has 2 atom stereocenters. The van der Waals surface area contributed by atoms with Gasteiger partial charge in [0.15, 0.2) is 0 Å². The molecule has 0 unspecified atom stereocenters. The van der Waals surface area contributed by atoms with Gasteiger partial charge in [-0.2, -0.15) is 0 Å². The molecule has 3 heterocycles. The van der Waals surface area contributed by atoms with E-state index in [-0.39, 0.29) is 23.3 Å². The van der Waals surface area contributed by atoms with E-state index in [2.05, 4.69) is 34.5 Å². The second-order valence-corrected chi connectivity index (χ2v) is 7.84. The van der Waals surface area contributed by atoms with Crippen LogP contribution in [0.25, 0.3) is 0 Å². The van der Waals surface area contributed by atoms with Crippen molar-refractivity contribution in [3.05, 3.63) is 35.9 Å². The molecule has 1 spiro atoms. The van der Waals surface area contributed by atoms with Crippen LogP contribution in [0.3, 0.4) is 0 Å². The monoisotopic (exact) mass is 341 g/mol. The first-order valence-electron chi connectivity index (χ1n) is 9.52. The Morgan fingerprint density at radius 3 is 2.64 bits per heavy atom. The minimum absolute atomic E-state index is 0.0819. The van der Waals surface area contributed by atoms with Gasteiger partial charge in [0, 0.05) is 26.2 Å². The highest BCUT2D eigenvalue weighted by Gasteiger charge is 2.52. The lowest BCUT2D eigenvalue weighted by Gasteiger charge is -2.29. The zero-order valence-corrected chi connectivity index (χ0v) is 14.7. The Morgan fingerprint density at radius 1 is 1.12 bits per heavy atom. The Labute approximate surface area is 149 Å². The van der Waals surface area contributed by atoms with E-state index in [0.717, 1.165) is 52.0 Å². The van der Waals surface area contributed by atoms with Gasteiger partial charge in [-0.1, -0.05) is 30.3 Å². The summed E-state index contributed by atoms with van der Waals surface area (Å²) in [6, 6.07) is 10.1. The lowest BCUT2D eigenvalue weighted by Crippen LogP contribution is -2.46. The van der Waals surface area contributed by atoms with E-state index < -0.39 is 0 Å². The molecule has 3 aliphatic heterocycles. The number of nitrogens with one attached hydrogen (secondary N) is 1. The van der Waals surface area contributed by atoms with Crippen molar-refractivity contribution in [3.63, 3.8) is 0 Å². The third-order valence-corrected chi connectivity index (χ3v) is 6.03. The molecule has 1 aromatic carbocycles. The van der Waals surface area contributed by atoms with Crippen LogP contribution in [0.1, 0.15) is 37.7 Å². The normalized spacial score (nSPS) is 30.0. The summed E-state index contributed by atoms with van der Waals surface area (Å²) in [5.74, 6) is 0.213. The maximum absolute atomic E-state index is 12.8. The van der Waals surface area contributed by atoms with Crippen LogP contribution in [0.15, 0.2) is 30.3 Å². The van der Waals surface area contributed by atoms with Crippen LogP contribution in [-0.4, -0.2) is 53.8 Å². The Bertz CT molecular complexity index is 642. The van der Waals surface area contributed by atoms with Gasteiger partial charge in [-0.25, -0.2) is 0 Å². The van der Waals surface area contributed by atoms with Crippen molar-refractivity contribution in [3.8, 4) is 0 Å². The van der Waals surface area contributed by atoms with E-state index in [1.165, 1.54) is 12.0 Å². The van der Waals surface area contributed by atoms with Crippen molar-refractivity contribution in [2.45, 2.75) is 44.7 Å². The van der Waals surface area contributed by atoms with Crippen molar-refractivity contribution >= 4 is 11.8 Å². The minimum atomic E-state index is -0.370. The van der Waals surface area contributed by atoms with Gasteiger partial charge in [-0.3, -0.25) is 14.5 Å². The molecule has 0 saturated carbocycles. The second-order valence-electron chi connectivity index (χ2n) is 7.84. The van der Waals surface area contributed by atoms with E-state index in [0.29, 0.717) is 6.42 Å². The number of carbonyl (C=O) groups is 2. The maximum atomic E-state index is 12.8. The van der Waals surface area contributed by atoms with Gasteiger partial charge in [0.25, 0.3) is 0 Å². The SMILES string of the molecule is O=C([C@@H]1C[C@@]2(CCN(Cc3ccccc3)C2)C(=O)N1)N1CCCCC1. The summed E-state index contributed by atoms with van der Waals surface area (Å²) in [4.78, 5) is 29.7. The first-order valence-corrected chi connectivity index (χ1v) is 9.52. The first-order chi connectivity index (χ1) is 12.2. The van der Waals surface area contributed by atoms with Crippen molar-refractivity contribution in [1.29, 1.82) is 0 Å². The number of likely N-dealkylation sites (tertiary alicyclic amines) is 2. The number of benzene rings is 1. The molecule has 2 amide bonds. The predicted molar refractivity (Wildman–Crippen MR) is 95.7 cm³/mol. The molecular weight excluding hydrogens is 314 g/mol. The van der Waals surface area contributed by atoms with Crippen LogP contribution in [0.2, 0.25) is 0 Å². The van der Waals surface area contributed by atoms with Gasteiger partial charge in [0.1, 0.15) is 6.04 Å². The zero-order valence-electron chi connectivity index (χ0n) is 14.7. The summed E-state index contributed by atoms with van der Waals surface area (Å²) >= 11 is 0. The van der Waals surface area contributed by atoms with E-state index >= 15 is 0 Å². The molecule has 4 rings (SSSR count). The Kier molecular flexibility index (Phi) is 4.50. The molecule has 0 radical (unpaired) electrons. The van der Waals surface area contributed by atoms with Gasteiger partial charge < -0.3 is 10.2 Å². The molecular formula is C20H27N3O2. The van der Waals surface area contributed by atoms with Crippen LogP contribution >= 0.6 is 0 Å². The number of carbonyl (C=O) groups excluding carboxylic acids is 2. The van der Waals surface area contributed by atoms with E-state index in [1.54, 1.807) is 0 Å². The topological polar surface area (TPSA) is 52.7 Å². The van der Waals surface area contributed by atoms with Crippen molar-refractivity contribution in [1.82, 2.24) is 15.1 Å². The fourth-order valence-corrected chi connectivity index (χ4v) is 4.62. The number of hydrogen-bond acceptors (Lipinski definition) is 3. The Balaban J connectivity index is 1.39. The average molecular weight is 341 g/mol. The summed E-state index contributed by atoms with van der Waals surface area (Å²) < 4.78 is 0. The van der Waals surface area contributed by atoms with Gasteiger partial charge in [0.2, 0.25) is 11.8 Å². The molecule has 134 valence electrons. The zero-order chi connectivity index (χ0) is 17.3. The summed E-state index contributed by atoms with van der Waals surface area (Å²) in [6.45, 7) is 4.25. The maximum Gasteiger partial charge on any atom is 0.245 e. The molecule has 3 aliphatic rings. The highest BCUT2D eigenvalue weighted by atomic mass is 16.2. The largest absolute Gasteiger partial charge is 0.344 e. The fourth-order valence-electron chi connectivity index (χ4n) is 4.62. The number of hydrogen-bond donors (Lipinski definition) is 1.